The fraction of sp³-hybridized carbons (Fsp3) is 0.464. The molecule has 0 bridgehead atoms. The van der Waals surface area contributed by atoms with Crippen molar-refractivity contribution in [3.8, 4) is 11.3 Å². The number of hydrogen-bond acceptors (Lipinski definition) is 6. The highest BCUT2D eigenvalue weighted by Crippen LogP contribution is 2.28. The number of carbonyl (C=O) groups is 1. The van der Waals surface area contributed by atoms with Crippen LogP contribution in [0.1, 0.15) is 70.5 Å². The molecule has 2 rings (SSSR count). The molecular formula is C28H43N7O. The Kier molecular flexibility index (Phi) is 11.4. The van der Waals surface area contributed by atoms with Gasteiger partial charge in [-0.15, -0.1) is 0 Å². The molecule has 0 fully saturated rings. The molecule has 36 heavy (non-hydrogen) atoms. The second kappa shape index (κ2) is 14.2. The maximum absolute atomic E-state index is 12.3. The van der Waals surface area contributed by atoms with Crippen LogP contribution in [0.25, 0.3) is 11.3 Å². The van der Waals surface area contributed by atoms with E-state index in [2.05, 4.69) is 44.0 Å². The lowest BCUT2D eigenvalue weighted by atomic mass is 10.0. The van der Waals surface area contributed by atoms with E-state index in [-0.39, 0.29) is 6.04 Å². The summed E-state index contributed by atoms with van der Waals surface area (Å²) in [4.78, 5) is 21.0. The smallest absolute Gasteiger partial charge is 0.214 e. The molecule has 0 saturated carbocycles. The van der Waals surface area contributed by atoms with Gasteiger partial charge in [0.2, 0.25) is 6.41 Å². The first-order valence-electron chi connectivity index (χ1n) is 12.7. The number of hydrogen-bond donors (Lipinski definition) is 2. The van der Waals surface area contributed by atoms with Gasteiger partial charge < -0.3 is 15.6 Å². The van der Waals surface area contributed by atoms with Gasteiger partial charge in [0.05, 0.1) is 11.7 Å². The molecule has 8 heteroatoms. The maximum Gasteiger partial charge on any atom is 0.214 e. The molecule has 2 aromatic rings. The van der Waals surface area contributed by atoms with Crippen molar-refractivity contribution >= 4 is 12.2 Å². The second-order valence-corrected chi connectivity index (χ2v) is 9.66. The van der Waals surface area contributed by atoms with E-state index >= 15 is 0 Å². The Morgan fingerprint density at radius 3 is 2.42 bits per heavy atom. The minimum atomic E-state index is -0.155. The molecule has 4 N–H and O–H groups in total. The number of pyridine rings is 1. The van der Waals surface area contributed by atoms with Gasteiger partial charge in [-0.25, -0.2) is 5.84 Å². The van der Waals surface area contributed by atoms with E-state index in [1.807, 2.05) is 54.4 Å². The number of benzene rings is 1. The van der Waals surface area contributed by atoms with Crippen LogP contribution in [0.5, 0.6) is 0 Å². The molecule has 1 heterocycles. The minimum absolute atomic E-state index is 0.155. The Bertz CT molecular complexity index is 1010. The van der Waals surface area contributed by atoms with Crippen molar-refractivity contribution in [2.45, 2.75) is 59.4 Å². The van der Waals surface area contributed by atoms with Crippen LogP contribution in [0.2, 0.25) is 0 Å². The summed E-state index contributed by atoms with van der Waals surface area (Å²) in [7, 11) is 3.77. The Balaban J connectivity index is 2.34. The number of aromatic nitrogens is 1. The summed E-state index contributed by atoms with van der Waals surface area (Å²) in [5.41, 5.74) is 4.43. The molecule has 8 nitrogen and oxygen atoms in total. The van der Waals surface area contributed by atoms with Crippen molar-refractivity contribution in [1.82, 2.24) is 19.8 Å². The number of carbonyl (C=O) groups excluding carboxylic acids is 1. The molecule has 1 atom stereocenters. The average molecular weight is 494 g/mol. The van der Waals surface area contributed by atoms with E-state index in [0.29, 0.717) is 11.8 Å². The number of hydrazone groups is 1. The Labute approximate surface area is 216 Å². The molecule has 1 aromatic heterocycles. The molecule has 1 amide bonds. The molecule has 0 aliphatic rings. The molecule has 196 valence electrons. The van der Waals surface area contributed by atoms with Crippen LogP contribution in [-0.2, 0) is 4.79 Å². The molecule has 1 aromatic carbocycles. The topological polar surface area (TPSA) is 104 Å². The van der Waals surface area contributed by atoms with Gasteiger partial charge in [-0.05, 0) is 43.7 Å². The molecule has 0 aliphatic heterocycles. The zero-order chi connectivity index (χ0) is 26.7. The highest BCUT2D eigenvalue weighted by Gasteiger charge is 2.20. The first-order chi connectivity index (χ1) is 17.2. The summed E-state index contributed by atoms with van der Waals surface area (Å²) in [5, 5.41) is 5.24. The van der Waals surface area contributed by atoms with Gasteiger partial charge in [0.15, 0.2) is 5.84 Å². The number of unbranched alkanes of at least 4 members (excludes halogenated alkanes) is 1. The molecule has 0 spiro atoms. The van der Waals surface area contributed by atoms with Crippen LogP contribution in [0, 0.1) is 5.92 Å². The normalized spacial score (nSPS) is 13.0. The number of allylic oxidation sites excluding steroid dienone is 1. The van der Waals surface area contributed by atoms with E-state index < -0.39 is 0 Å². The summed E-state index contributed by atoms with van der Waals surface area (Å²) in [6, 6.07) is 11.6. The largest absolute Gasteiger partial charge is 0.379 e. The monoisotopic (exact) mass is 493 g/mol. The van der Waals surface area contributed by atoms with Crippen molar-refractivity contribution in [3.63, 3.8) is 0 Å². The van der Waals surface area contributed by atoms with E-state index in [1.54, 1.807) is 7.05 Å². The lowest BCUT2D eigenvalue weighted by molar-refractivity contribution is -0.118. The maximum atomic E-state index is 12.3. The number of rotatable bonds is 13. The average Bonchev–Trinajstić information content (AvgIpc) is 2.87. The van der Waals surface area contributed by atoms with Crippen molar-refractivity contribution in [1.29, 1.82) is 0 Å². The summed E-state index contributed by atoms with van der Waals surface area (Å²) in [6.07, 6.45) is 8.93. The molecular weight excluding hydrogens is 450 g/mol. The van der Waals surface area contributed by atoms with Crippen LogP contribution in [0.3, 0.4) is 0 Å². The van der Waals surface area contributed by atoms with Gasteiger partial charge in [-0.2, -0.15) is 5.10 Å². The van der Waals surface area contributed by atoms with Gasteiger partial charge >= 0.3 is 0 Å². The summed E-state index contributed by atoms with van der Waals surface area (Å²) >= 11 is 0. The first kappa shape index (κ1) is 28.8. The van der Waals surface area contributed by atoms with E-state index in [0.717, 1.165) is 66.7 Å². The van der Waals surface area contributed by atoms with E-state index in [9.17, 15) is 4.79 Å². The van der Waals surface area contributed by atoms with Crippen molar-refractivity contribution in [3.05, 3.63) is 65.6 Å². The standard InChI is InChI=1S/C28H43N7O/c1-7-8-11-24(19-33(5)17-16-21(2)3)35(20-36)22(4)23-14-15-27(31-18-23)25-12-9-10-13-26(25)28(32-29)34(6)30/h9-10,12-15,18-22H,7-8,11,16-17,29-30H2,1-6H3/b24-19-,32-28-. The zero-order valence-electron chi connectivity index (χ0n) is 22.7. The number of nitrogens with zero attached hydrogens (tertiary/aromatic N) is 5. The number of nitrogens with two attached hydrogens (primary N) is 2. The van der Waals surface area contributed by atoms with Crippen LogP contribution in [0.15, 0.2) is 59.6 Å². The van der Waals surface area contributed by atoms with Crippen molar-refractivity contribution < 1.29 is 4.79 Å². The summed E-state index contributed by atoms with van der Waals surface area (Å²) in [6.45, 7) is 9.61. The zero-order valence-corrected chi connectivity index (χ0v) is 22.7. The fourth-order valence-electron chi connectivity index (χ4n) is 4.03. The number of amidine groups is 1. The third-order valence-electron chi connectivity index (χ3n) is 6.25. The highest BCUT2D eigenvalue weighted by molar-refractivity contribution is 6.03. The van der Waals surface area contributed by atoms with Gasteiger partial charge in [-0.1, -0.05) is 57.5 Å². The lowest BCUT2D eigenvalue weighted by Gasteiger charge is -2.30. The van der Waals surface area contributed by atoms with E-state index in [4.69, 9.17) is 16.7 Å². The van der Waals surface area contributed by atoms with Crippen molar-refractivity contribution in [2.75, 3.05) is 20.6 Å². The fourth-order valence-corrected chi connectivity index (χ4v) is 4.03. The van der Waals surface area contributed by atoms with E-state index in [1.165, 1.54) is 5.01 Å². The molecule has 1 unspecified atom stereocenters. The van der Waals surface area contributed by atoms with Gasteiger partial charge in [-0.3, -0.25) is 14.8 Å². The highest BCUT2D eigenvalue weighted by atomic mass is 16.1. The van der Waals surface area contributed by atoms with Crippen molar-refractivity contribution in [2.24, 2.45) is 22.7 Å². The van der Waals surface area contributed by atoms with Gasteiger partial charge in [0.25, 0.3) is 0 Å². The number of amides is 1. The van der Waals surface area contributed by atoms with Crippen LogP contribution >= 0.6 is 0 Å². The third-order valence-corrected chi connectivity index (χ3v) is 6.25. The quantitative estimate of drug-likeness (QED) is 0.138. The molecule has 0 saturated heterocycles. The predicted molar refractivity (Wildman–Crippen MR) is 148 cm³/mol. The van der Waals surface area contributed by atoms with Gasteiger partial charge in [0.1, 0.15) is 0 Å². The summed E-state index contributed by atoms with van der Waals surface area (Å²) < 4.78 is 0. The Hall–Kier alpha value is -3.39. The minimum Gasteiger partial charge on any atom is -0.379 e. The van der Waals surface area contributed by atoms with Gasteiger partial charge in [0, 0.05) is 49.9 Å². The molecule has 0 aliphatic carbocycles. The third kappa shape index (κ3) is 7.81. The number of hydrazine groups is 1. The second-order valence-electron chi connectivity index (χ2n) is 9.66. The molecule has 0 radical (unpaired) electrons. The Morgan fingerprint density at radius 1 is 1.14 bits per heavy atom. The Morgan fingerprint density at radius 2 is 1.86 bits per heavy atom. The predicted octanol–water partition coefficient (Wildman–Crippen LogP) is 4.70. The summed E-state index contributed by atoms with van der Waals surface area (Å²) in [5.74, 6) is 12.6. The lowest BCUT2D eigenvalue weighted by Crippen LogP contribution is -2.35. The first-order valence-corrected chi connectivity index (χ1v) is 12.7. The SMILES string of the molecule is CCCC/C(=C/N(C)CCC(C)C)N(C=O)C(C)c1ccc(-c2ccccc2/C(=N/N)N(C)N)nc1. The van der Waals surface area contributed by atoms with Crippen LogP contribution < -0.4 is 11.7 Å². The van der Waals surface area contributed by atoms with Crippen LogP contribution in [0.4, 0.5) is 0 Å². The van der Waals surface area contributed by atoms with Crippen LogP contribution in [-0.4, -0.2) is 52.7 Å².